The maximum Gasteiger partial charge on any atom is 0.217 e. The third kappa shape index (κ3) is 1.53. The fourth-order valence-corrected chi connectivity index (χ4v) is 5.67. The molecular formula is C13H14FNO3S. The van der Waals surface area contributed by atoms with Gasteiger partial charge in [-0.3, -0.25) is 0 Å². The lowest BCUT2D eigenvalue weighted by molar-refractivity contribution is 0.0233. The van der Waals surface area contributed by atoms with Crippen molar-refractivity contribution in [2.75, 3.05) is 6.54 Å². The van der Waals surface area contributed by atoms with Gasteiger partial charge in [0, 0.05) is 12.5 Å². The molecule has 3 aliphatic rings. The lowest BCUT2D eigenvalue weighted by Crippen LogP contribution is -2.39. The van der Waals surface area contributed by atoms with Crippen molar-refractivity contribution in [1.29, 1.82) is 0 Å². The number of ether oxygens (including phenoxy) is 1. The standard InChI is InChI=1S/C13H14FNO3S/c14-9-3-1-8(2-4-9)10-6-13-7-15-19(16,17)12(13)5-11(10)18-13/h1-4,10-12,15H,5-7H2/t10-,11+,12+,13-/m1/s1. The molecule has 102 valence electrons. The monoisotopic (exact) mass is 283 g/mol. The third-order valence-corrected chi connectivity index (χ3v) is 6.60. The summed E-state index contributed by atoms with van der Waals surface area (Å²) in [5.74, 6) is -0.0825. The summed E-state index contributed by atoms with van der Waals surface area (Å²) in [7, 11) is -3.21. The third-order valence-electron chi connectivity index (χ3n) is 4.68. The van der Waals surface area contributed by atoms with Crippen LogP contribution in [0.5, 0.6) is 0 Å². The molecule has 4 rings (SSSR count). The van der Waals surface area contributed by atoms with Crippen LogP contribution in [0.4, 0.5) is 4.39 Å². The fraction of sp³-hybridized carbons (Fsp3) is 0.538. The zero-order valence-electron chi connectivity index (χ0n) is 10.2. The van der Waals surface area contributed by atoms with E-state index in [0.717, 1.165) is 5.56 Å². The van der Waals surface area contributed by atoms with Crippen LogP contribution >= 0.6 is 0 Å². The van der Waals surface area contributed by atoms with Crippen LogP contribution in [0.2, 0.25) is 0 Å². The van der Waals surface area contributed by atoms with Gasteiger partial charge in [0.25, 0.3) is 0 Å². The quantitative estimate of drug-likeness (QED) is 0.841. The first-order valence-electron chi connectivity index (χ1n) is 6.42. The smallest absolute Gasteiger partial charge is 0.217 e. The molecule has 0 radical (unpaired) electrons. The van der Waals surface area contributed by atoms with E-state index < -0.39 is 20.9 Å². The maximum atomic E-state index is 13.0. The largest absolute Gasteiger partial charge is 0.368 e. The Labute approximate surface area is 111 Å². The highest BCUT2D eigenvalue weighted by Crippen LogP contribution is 2.55. The number of halogens is 1. The zero-order valence-corrected chi connectivity index (χ0v) is 11.0. The number of sulfonamides is 1. The van der Waals surface area contributed by atoms with E-state index in [1.807, 2.05) is 0 Å². The van der Waals surface area contributed by atoms with Gasteiger partial charge >= 0.3 is 0 Å². The molecule has 1 spiro atoms. The molecule has 4 atom stereocenters. The van der Waals surface area contributed by atoms with Gasteiger partial charge in [0.15, 0.2) is 0 Å². The number of hydrogen-bond acceptors (Lipinski definition) is 3. The molecule has 4 nitrogen and oxygen atoms in total. The summed E-state index contributed by atoms with van der Waals surface area (Å²) < 4.78 is 45.3. The molecule has 0 aromatic heterocycles. The van der Waals surface area contributed by atoms with Crippen LogP contribution < -0.4 is 4.72 Å². The Morgan fingerprint density at radius 2 is 2.05 bits per heavy atom. The van der Waals surface area contributed by atoms with Gasteiger partial charge in [-0.15, -0.1) is 0 Å². The van der Waals surface area contributed by atoms with Crippen LogP contribution in [-0.4, -0.2) is 31.9 Å². The Balaban J connectivity index is 1.67. The van der Waals surface area contributed by atoms with E-state index >= 15 is 0 Å². The van der Waals surface area contributed by atoms with E-state index in [-0.39, 0.29) is 17.8 Å². The van der Waals surface area contributed by atoms with E-state index in [1.54, 1.807) is 12.1 Å². The van der Waals surface area contributed by atoms with Crippen LogP contribution in [0.3, 0.4) is 0 Å². The molecule has 0 aliphatic carbocycles. The Hall–Kier alpha value is -0.980. The molecule has 3 fully saturated rings. The summed E-state index contributed by atoms with van der Waals surface area (Å²) in [6, 6.07) is 6.43. The molecule has 3 aliphatic heterocycles. The van der Waals surface area contributed by atoms with Crippen LogP contribution in [-0.2, 0) is 14.8 Å². The maximum absolute atomic E-state index is 13.0. The predicted octanol–water partition coefficient (Wildman–Crippen LogP) is 1.14. The molecular weight excluding hydrogens is 269 g/mol. The van der Waals surface area contributed by atoms with Gasteiger partial charge in [-0.25, -0.2) is 17.5 Å². The van der Waals surface area contributed by atoms with Crippen molar-refractivity contribution < 1.29 is 17.5 Å². The summed E-state index contributed by atoms with van der Waals surface area (Å²) in [6.45, 7) is 0.369. The second-order valence-corrected chi connectivity index (χ2v) is 7.62. The van der Waals surface area contributed by atoms with Crippen molar-refractivity contribution in [1.82, 2.24) is 4.72 Å². The average Bonchev–Trinajstić information content (AvgIpc) is 3.00. The van der Waals surface area contributed by atoms with Gasteiger partial charge in [0.2, 0.25) is 10.0 Å². The van der Waals surface area contributed by atoms with Crippen LogP contribution in [0.1, 0.15) is 24.3 Å². The van der Waals surface area contributed by atoms with E-state index in [1.165, 1.54) is 12.1 Å². The number of benzene rings is 1. The molecule has 1 aromatic carbocycles. The molecule has 1 N–H and O–H groups in total. The van der Waals surface area contributed by atoms with Gasteiger partial charge in [-0.05, 0) is 30.5 Å². The summed E-state index contributed by atoms with van der Waals surface area (Å²) in [5.41, 5.74) is 0.466. The van der Waals surface area contributed by atoms with Gasteiger partial charge < -0.3 is 4.74 Å². The molecule has 0 saturated carbocycles. The molecule has 1 aromatic rings. The van der Waals surface area contributed by atoms with Crippen molar-refractivity contribution in [2.24, 2.45) is 0 Å². The topological polar surface area (TPSA) is 55.4 Å². The first-order chi connectivity index (χ1) is 9.00. The van der Waals surface area contributed by atoms with Crippen molar-refractivity contribution in [3.05, 3.63) is 35.6 Å². The van der Waals surface area contributed by atoms with E-state index in [4.69, 9.17) is 4.74 Å². The average molecular weight is 283 g/mol. The molecule has 3 saturated heterocycles. The molecule has 3 heterocycles. The van der Waals surface area contributed by atoms with Gasteiger partial charge in [-0.1, -0.05) is 12.1 Å². The Morgan fingerprint density at radius 1 is 1.32 bits per heavy atom. The molecule has 0 unspecified atom stereocenters. The highest BCUT2D eigenvalue weighted by molar-refractivity contribution is 7.90. The predicted molar refractivity (Wildman–Crippen MR) is 66.7 cm³/mol. The normalized spacial score (nSPS) is 42.5. The lowest BCUT2D eigenvalue weighted by atomic mass is 9.78. The first-order valence-corrected chi connectivity index (χ1v) is 7.97. The van der Waals surface area contributed by atoms with Crippen LogP contribution in [0, 0.1) is 5.82 Å². The number of fused-ring (bicyclic) bond motifs is 1. The highest BCUT2D eigenvalue weighted by atomic mass is 32.2. The summed E-state index contributed by atoms with van der Waals surface area (Å²) in [6.07, 6.45) is 1.17. The number of rotatable bonds is 1. The van der Waals surface area contributed by atoms with Crippen molar-refractivity contribution in [3.63, 3.8) is 0 Å². The Morgan fingerprint density at radius 3 is 2.79 bits per heavy atom. The zero-order chi connectivity index (χ0) is 13.3. The van der Waals surface area contributed by atoms with E-state index in [9.17, 15) is 12.8 Å². The molecule has 0 amide bonds. The van der Waals surface area contributed by atoms with Gasteiger partial charge in [0.05, 0.1) is 6.10 Å². The minimum atomic E-state index is -3.21. The van der Waals surface area contributed by atoms with E-state index in [2.05, 4.69) is 4.72 Å². The SMILES string of the molecule is O=S1(=O)NC[C@]23C[C@H](c4ccc(F)cc4)[C@H](C[C@@H]21)O3. The highest BCUT2D eigenvalue weighted by Gasteiger charge is 2.65. The Kier molecular flexibility index (Phi) is 2.21. The number of hydrogen-bond donors (Lipinski definition) is 1. The number of nitrogens with one attached hydrogen (secondary N) is 1. The molecule has 6 heteroatoms. The van der Waals surface area contributed by atoms with Crippen molar-refractivity contribution in [2.45, 2.75) is 35.7 Å². The van der Waals surface area contributed by atoms with E-state index in [0.29, 0.717) is 19.4 Å². The minimum absolute atomic E-state index is 0.0627. The van der Waals surface area contributed by atoms with Gasteiger partial charge in [-0.2, -0.15) is 0 Å². The summed E-state index contributed by atoms with van der Waals surface area (Å²) in [5, 5.41) is -0.415. The van der Waals surface area contributed by atoms with Crippen LogP contribution in [0.15, 0.2) is 24.3 Å². The first kappa shape index (κ1) is 11.8. The van der Waals surface area contributed by atoms with Gasteiger partial charge in [0.1, 0.15) is 16.7 Å². The lowest BCUT2D eigenvalue weighted by Gasteiger charge is -2.26. The fourth-order valence-electron chi connectivity index (χ4n) is 3.78. The minimum Gasteiger partial charge on any atom is -0.368 e. The second-order valence-electron chi connectivity index (χ2n) is 5.67. The molecule has 19 heavy (non-hydrogen) atoms. The second kappa shape index (κ2) is 3.56. The molecule has 2 bridgehead atoms. The van der Waals surface area contributed by atoms with Crippen molar-refractivity contribution in [3.8, 4) is 0 Å². The van der Waals surface area contributed by atoms with Crippen molar-refractivity contribution >= 4 is 10.0 Å². The Bertz CT molecular complexity index is 630. The summed E-state index contributed by atoms with van der Waals surface area (Å²) >= 11 is 0. The van der Waals surface area contributed by atoms with Crippen LogP contribution in [0.25, 0.3) is 0 Å². The summed E-state index contributed by atoms with van der Waals surface area (Å²) in [4.78, 5) is 0.